The lowest BCUT2D eigenvalue weighted by Gasteiger charge is -2.10. The van der Waals surface area contributed by atoms with E-state index >= 15 is 0 Å². The molecule has 2 aromatic carbocycles. The van der Waals surface area contributed by atoms with Crippen LogP contribution in [0, 0.1) is 5.82 Å². The number of carbonyl (C=O) groups excluding carboxylic acids is 1. The van der Waals surface area contributed by atoms with Gasteiger partial charge in [-0.25, -0.2) is 19.0 Å². The van der Waals surface area contributed by atoms with Crippen LogP contribution in [0.5, 0.6) is 0 Å². The zero-order chi connectivity index (χ0) is 24.0. The van der Waals surface area contributed by atoms with Gasteiger partial charge >= 0.3 is 11.7 Å². The quantitative estimate of drug-likeness (QED) is 0.401. The van der Waals surface area contributed by atoms with Crippen molar-refractivity contribution in [2.45, 2.75) is 0 Å². The molecule has 5 rings (SSSR count). The number of amides is 2. The first-order chi connectivity index (χ1) is 16.4. The highest BCUT2D eigenvalue weighted by Crippen LogP contribution is 2.32. The molecule has 0 fully saturated rings. The van der Waals surface area contributed by atoms with Gasteiger partial charge in [-0.15, -0.1) is 0 Å². The van der Waals surface area contributed by atoms with Crippen molar-refractivity contribution in [1.82, 2.24) is 24.4 Å². The highest BCUT2D eigenvalue weighted by molar-refractivity contribution is 6.32. The van der Waals surface area contributed by atoms with Crippen LogP contribution in [-0.2, 0) is 7.05 Å². The lowest BCUT2D eigenvalue weighted by Crippen LogP contribution is -2.24. The average molecular weight is 477 g/mol. The molecule has 0 aliphatic rings. The van der Waals surface area contributed by atoms with E-state index in [-0.39, 0.29) is 22.4 Å². The normalized spacial score (nSPS) is 11.2. The molecule has 0 spiro atoms. The number of hydrogen-bond acceptors (Lipinski definition) is 4. The maximum Gasteiger partial charge on any atom is 0.333 e. The number of nitrogens with zero attached hydrogens (tertiary/aromatic N) is 4. The molecule has 8 nitrogen and oxygen atoms in total. The SMILES string of the molecule is CNC(=O)Nc1ccc(-c2ccc3ncc4c(c3c2)n(-c2cccc(F)c2Cl)c(=O)n4C)cn1. The standard InChI is InChI=1S/C24H18ClFN6O2/c1-27-23(33)30-20-9-7-14(11-29-20)13-6-8-17-15(10-13)22-19(12-28-17)31(2)24(34)32(22)18-5-3-4-16(26)21(18)25/h3-12H,1-2H3,(H2,27,29,30,33). The fraction of sp³-hybridized carbons (Fsp3) is 0.0833. The first-order valence-corrected chi connectivity index (χ1v) is 10.7. The van der Waals surface area contributed by atoms with E-state index in [4.69, 9.17) is 11.6 Å². The van der Waals surface area contributed by atoms with Crippen LogP contribution >= 0.6 is 11.6 Å². The van der Waals surface area contributed by atoms with Crippen LogP contribution in [0.4, 0.5) is 15.0 Å². The van der Waals surface area contributed by atoms with E-state index in [0.717, 1.165) is 11.1 Å². The lowest BCUT2D eigenvalue weighted by atomic mass is 10.0. The van der Waals surface area contributed by atoms with Crippen molar-refractivity contribution in [3.63, 3.8) is 0 Å². The predicted octanol–water partition coefficient (Wildman–Crippen LogP) is 4.48. The van der Waals surface area contributed by atoms with Crippen LogP contribution in [0.15, 0.2) is 65.7 Å². The van der Waals surface area contributed by atoms with Gasteiger partial charge in [0.15, 0.2) is 0 Å². The predicted molar refractivity (Wildman–Crippen MR) is 130 cm³/mol. The van der Waals surface area contributed by atoms with E-state index in [1.54, 1.807) is 31.6 Å². The first kappa shape index (κ1) is 21.6. The van der Waals surface area contributed by atoms with E-state index in [2.05, 4.69) is 20.6 Å². The zero-order valence-corrected chi connectivity index (χ0v) is 18.9. The number of fused-ring (bicyclic) bond motifs is 3. The van der Waals surface area contributed by atoms with Gasteiger partial charge in [0.25, 0.3) is 0 Å². The number of hydrogen-bond donors (Lipinski definition) is 2. The number of imidazole rings is 1. The molecule has 5 aromatic rings. The summed E-state index contributed by atoms with van der Waals surface area (Å²) in [4.78, 5) is 33.5. The summed E-state index contributed by atoms with van der Waals surface area (Å²) >= 11 is 6.25. The number of carbonyl (C=O) groups is 1. The van der Waals surface area contributed by atoms with Gasteiger partial charge in [0.1, 0.15) is 16.7 Å². The smallest absolute Gasteiger partial charge is 0.333 e. The Kier molecular flexibility index (Phi) is 5.25. The Balaban J connectivity index is 1.73. The van der Waals surface area contributed by atoms with Crippen molar-refractivity contribution in [3.8, 4) is 16.8 Å². The van der Waals surface area contributed by atoms with Crippen LogP contribution in [0.2, 0.25) is 5.02 Å². The van der Waals surface area contributed by atoms with Gasteiger partial charge in [-0.05, 0) is 42.0 Å². The molecule has 170 valence electrons. The van der Waals surface area contributed by atoms with Crippen LogP contribution in [-0.4, -0.2) is 32.2 Å². The van der Waals surface area contributed by atoms with E-state index in [0.29, 0.717) is 27.8 Å². The Morgan fingerprint density at radius 1 is 1.06 bits per heavy atom. The van der Waals surface area contributed by atoms with Crippen molar-refractivity contribution in [2.24, 2.45) is 7.05 Å². The fourth-order valence-corrected chi connectivity index (χ4v) is 4.09. The summed E-state index contributed by atoms with van der Waals surface area (Å²) in [6.45, 7) is 0. The molecule has 0 aliphatic carbocycles. The van der Waals surface area contributed by atoms with Gasteiger partial charge in [-0.2, -0.15) is 0 Å². The van der Waals surface area contributed by atoms with Gasteiger partial charge in [-0.3, -0.25) is 19.4 Å². The van der Waals surface area contributed by atoms with Crippen LogP contribution in [0.3, 0.4) is 0 Å². The number of pyridine rings is 2. The third-order valence-corrected chi connectivity index (χ3v) is 6.00. The second-order valence-corrected chi connectivity index (χ2v) is 7.99. The van der Waals surface area contributed by atoms with Gasteiger partial charge in [0.05, 0.1) is 28.4 Å². The summed E-state index contributed by atoms with van der Waals surface area (Å²) in [6.07, 6.45) is 3.25. The van der Waals surface area contributed by atoms with Crippen LogP contribution in [0.1, 0.15) is 0 Å². The van der Waals surface area contributed by atoms with Crippen molar-refractivity contribution < 1.29 is 9.18 Å². The average Bonchev–Trinajstić information content (AvgIpc) is 3.11. The van der Waals surface area contributed by atoms with Gasteiger partial charge < -0.3 is 5.32 Å². The Morgan fingerprint density at radius 3 is 2.59 bits per heavy atom. The van der Waals surface area contributed by atoms with E-state index in [1.807, 2.05) is 24.3 Å². The molecule has 0 saturated carbocycles. The summed E-state index contributed by atoms with van der Waals surface area (Å²) in [5.74, 6) is -0.204. The minimum atomic E-state index is -0.612. The monoisotopic (exact) mass is 476 g/mol. The molecule has 2 N–H and O–H groups in total. The van der Waals surface area contributed by atoms with E-state index in [9.17, 15) is 14.0 Å². The van der Waals surface area contributed by atoms with Crippen molar-refractivity contribution in [1.29, 1.82) is 0 Å². The largest absolute Gasteiger partial charge is 0.341 e. The number of benzene rings is 2. The molecule has 0 bridgehead atoms. The summed E-state index contributed by atoms with van der Waals surface area (Å²) in [5.41, 5.74) is 3.32. The third-order valence-electron chi connectivity index (χ3n) is 5.62. The molecule has 3 aromatic heterocycles. The maximum atomic E-state index is 14.2. The number of anilines is 1. The van der Waals surface area contributed by atoms with E-state index < -0.39 is 5.82 Å². The molecule has 0 saturated heterocycles. The van der Waals surface area contributed by atoms with Crippen LogP contribution in [0.25, 0.3) is 38.8 Å². The lowest BCUT2D eigenvalue weighted by molar-refractivity contribution is 0.254. The molecular weight excluding hydrogens is 459 g/mol. The van der Waals surface area contributed by atoms with Crippen LogP contribution < -0.4 is 16.3 Å². The molecule has 0 radical (unpaired) electrons. The first-order valence-electron chi connectivity index (χ1n) is 10.3. The Labute approximate surface area is 197 Å². The van der Waals surface area contributed by atoms with E-state index in [1.165, 1.54) is 28.3 Å². The van der Waals surface area contributed by atoms with Crippen molar-refractivity contribution in [3.05, 3.63) is 82.2 Å². The number of nitrogens with one attached hydrogen (secondary N) is 2. The minimum absolute atomic E-state index is 0.137. The highest BCUT2D eigenvalue weighted by atomic mass is 35.5. The second-order valence-electron chi connectivity index (χ2n) is 7.61. The number of rotatable bonds is 3. The Hall–Kier alpha value is -4.24. The molecule has 2 amide bonds. The zero-order valence-electron chi connectivity index (χ0n) is 18.1. The number of urea groups is 1. The minimum Gasteiger partial charge on any atom is -0.341 e. The molecule has 0 aliphatic heterocycles. The summed E-state index contributed by atoms with van der Waals surface area (Å²) in [6, 6.07) is 13.2. The molecule has 34 heavy (non-hydrogen) atoms. The summed E-state index contributed by atoms with van der Waals surface area (Å²) in [7, 11) is 3.15. The molecule has 3 heterocycles. The molecule has 0 atom stereocenters. The Morgan fingerprint density at radius 2 is 1.85 bits per heavy atom. The number of aromatic nitrogens is 4. The fourth-order valence-electron chi connectivity index (χ4n) is 3.88. The van der Waals surface area contributed by atoms with Gasteiger partial charge in [-0.1, -0.05) is 23.7 Å². The topological polar surface area (TPSA) is 93.8 Å². The molecular formula is C24H18ClFN6O2. The molecule has 10 heteroatoms. The highest BCUT2D eigenvalue weighted by Gasteiger charge is 2.19. The summed E-state index contributed by atoms with van der Waals surface area (Å²) in [5, 5.41) is 5.64. The third kappa shape index (κ3) is 3.46. The van der Waals surface area contributed by atoms with Crippen molar-refractivity contribution >= 4 is 45.4 Å². The molecule has 0 unspecified atom stereocenters. The van der Waals surface area contributed by atoms with Gasteiger partial charge in [0.2, 0.25) is 0 Å². The second kappa shape index (κ2) is 8.27. The maximum absolute atomic E-state index is 14.2. The number of aryl methyl sites for hydroxylation is 1. The van der Waals surface area contributed by atoms with Crippen molar-refractivity contribution in [2.75, 3.05) is 12.4 Å². The van der Waals surface area contributed by atoms with Gasteiger partial charge in [0, 0.05) is 31.2 Å². The Bertz CT molecular complexity index is 1640. The summed E-state index contributed by atoms with van der Waals surface area (Å²) < 4.78 is 17.1. The number of halogens is 2.